The molecule has 184 valence electrons. The van der Waals surface area contributed by atoms with Gasteiger partial charge in [0.05, 0.1) is 19.0 Å². The highest BCUT2D eigenvalue weighted by Gasteiger charge is 2.31. The third-order valence-corrected chi connectivity index (χ3v) is 7.58. The Balaban J connectivity index is 1.38. The number of rotatable bonds is 7. The van der Waals surface area contributed by atoms with E-state index in [0.717, 1.165) is 60.0 Å². The van der Waals surface area contributed by atoms with Crippen LogP contribution in [0, 0.1) is 5.92 Å². The standard InChI is InChI=1S/C27H33N5O3/c1-17(20-13-26(33)29-14-20)35-25-12-21(16-32-27(25)22(15-30-32)18-3-4-18)19-5-6-23(24(11-19)34-2)31-9-7-28-8-10-31/h5-6,11-12,15-18,20,28H,3-4,7-10,13-14H2,1-2H3,(H,29,33)/t17-,20?/m1/s1. The molecule has 0 spiro atoms. The number of amides is 1. The van der Waals surface area contributed by atoms with Crippen LogP contribution in [0.5, 0.6) is 11.5 Å². The van der Waals surface area contributed by atoms with Crippen molar-refractivity contribution in [3.8, 4) is 22.6 Å². The summed E-state index contributed by atoms with van der Waals surface area (Å²) < 4.78 is 14.3. The van der Waals surface area contributed by atoms with E-state index in [0.29, 0.717) is 18.9 Å². The molecule has 8 heteroatoms. The summed E-state index contributed by atoms with van der Waals surface area (Å²) in [6, 6.07) is 8.54. The summed E-state index contributed by atoms with van der Waals surface area (Å²) >= 11 is 0. The van der Waals surface area contributed by atoms with E-state index >= 15 is 0 Å². The molecule has 6 rings (SSSR count). The van der Waals surface area contributed by atoms with Gasteiger partial charge in [-0.15, -0.1) is 0 Å². The smallest absolute Gasteiger partial charge is 0.220 e. The lowest BCUT2D eigenvalue weighted by atomic mass is 10.0. The minimum Gasteiger partial charge on any atom is -0.495 e. The van der Waals surface area contributed by atoms with Crippen LogP contribution in [0.2, 0.25) is 0 Å². The van der Waals surface area contributed by atoms with Gasteiger partial charge in [0.25, 0.3) is 0 Å². The summed E-state index contributed by atoms with van der Waals surface area (Å²) in [5, 5.41) is 11.0. The average molecular weight is 476 g/mol. The van der Waals surface area contributed by atoms with Gasteiger partial charge in [-0.2, -0.15) is 5.10 Å². The molecule has 35 heavy (non-hydrogen) atoms. The maximum absolute atomic E-state index is 11.8. The number of nitrogens with one attached hydrogen (secondary N) is 2. The molecule has 3 aliphatic rings. The molecule has 1 saturated carbocycles. The SMILES string of the molecule is COc1cc(-c2cc(O[C@H](C)C3CNC(=O)C3)c3c(C4CC4)cnn3c2)ccc1N1CCNCC1. The fraction of sp³-hybridized carbons (Fsp3) is 0.481. The third-order valence-electron chi connectivity index (χ3n) is 7.58. The molecule has 1 amide bonds. The third kappa shape index (κ3) is 4.31. The number of carbonyl (C=O) groups is 1. The Kier molecular flexibility index (Phi) is 5.76. The van der Waals surface area contributed by atoms with Gasteiger partial charge in [0.15, 0.2) is 0 Å². The largest absolute Gasteiger partial charge is 0.495 e. The summed E-state index contributed by atoms with van der Waals surface area (Å²) in [6.07, 6.45) is 6.89. The lowest BCUT2D eigenvalue weighted by Crippen LogP contribution is -2.43. The van der Waals surface area contributed by atoms with Gasteiger partial charge in [0.1, 0.15) is 23.1 Å². The molecule has 2 aliphatic heterocycles. The first-order valence-corrected chi connectivity index (χ1v) is 12.7. The molecule has 2 atom stereocenters. The van der Waals surface area contributed by atoms with E-state index in [1.807, 2.05) is 10.7 Å². The molecule has 2 saturated heterocycles. The number of benzene rings is 1. The molecule has 3 aromatic rings. The van der Waals surface area contributed by atoms with Crippen molar-refractivity contribution in [1.82, 2.24) is 20.2 Å². The van der Waals surface area contributed by atoms with Gasteiger partial charge in [0, 0.05) is 62.4 Å². The van der Waals surface area contributed by atoms with Gasteiger partial charge in [0.2, 0.25) is 5.91 Å². The summed E-state index contributed by atoms with van der Waals surface area (Å²) in [5.41, 5.74) is 5.51. The van der Waals surface area contributed by atoms with Gasteiger partial charge < -0.3 is 25.0 Å². The van der Waals surface area contributed by atoms with Gasteiger partial charge in [-0.1, -0.05) is 6.07 Å². The fourth-order valence-electron chi connectivity index (χ4n) is 5.33. The highest BCUT2D eigenvalue weighted by atomic mass is 16.5. The molecule has 1 unspecified atom stereocenters. The molecular weight excluding hydrogens is 442 g/mol. The number of anilines is 1. The van der Waals surface area contributed by atoms with Crippen LogP contribution >= 0.6 is 0 Å². The number of hydrogen-bond donors (Lipinski definition) is 2. The fourth-order valence-corrected chi connectivity index (χ4v) is 5.33. The number of fused-ring (bicyclic) bond motifs is 1. The Hall–Kier alpha value is -3.26. The van der Waals surface area contributed by atoms with Crippen molar-refractivity contribution in [3.63, 3.8) is 0 Å². The van der Waals surface area contributed by atoms with Crippen LogP contribution in [-0.2, 0) is 4.79 Å². The zero-order valence-corrected chi connectivity index (χ0v) is 20.4. The molecule has 0 bridgehead atoms. The van der Waals surface area contributed by atoms with E-state index < -0.39 is 0 Å². The van der Waals surface area contributed by atoms with Crippen molar-refractivity contribution >= 4 is 17.1 Å². The molecule has 2 N–H and O–H groups in total. The first-order chi connectivity index (χ1) is 17.1. The Morgan fingerprint density at radius 3 is 2.63 bits per heavy atom. The predicted molar refractivity (Wildman–Crippen MR) is 135 cm³/mol. The van der Waals surface area contributed by atoms with Crippen LogP contribution in [0.15, 0.2) is 36.7 Å². The number of aromatic nitrogens is 2. The lowest BCUT2D eigenvalue weighted by molar-refractivity contribution is -0.119. The van der Waals surface area contributed by atoms with Crippen molar-refractivity contribution in [2.24, 2.45) is 5.92 Å². The van der Waals surface area contributed by atoms with Gasteiger partial charge >= 0.3 is 0 Å². The van der Waals surface area contributed by atoms with E-state index in [4.69, 9.17) is 14.6 Å². The molecule has 0 radical (unpaired) electrons. The molecule has 1 aliphatic carbocycles. The van der Waals surface area contributed by atoms with Crippen LogP contribution in [0.4, 0.5) is 5.69 Å². The normalized spacial score (nSPS) is 21.3. The van der Waals surface area contributed by atoms with Crippen LogP contribution in [0.1, 0.15) is 37.7 Å². The number of pyridine rings is 1. The van der Waals surface area contributed by atoms with Crippen molar-refractivity contribution < 1.29 is 14.3 Å². The van der Waals surface area contributed by atoms with Crippen LogP contribution in [0.3, 0.4) is 0 Å². The first-order valence-electron chi connectivity index (χ1n) is 12.7. The van der Waals surface area contributed by atoms with Gasteiger partial charge in [-0.25, -0.2) is 4.52 Å². The van der Waals surface area contributed by atoms with Crippen LogP contribution in [0.25, 0.3) is 16.6 Å². The van der Waals surface area contributed by atoms with E-state index in [1.54, 1.807) is 7.11 Å². The van der Waals surface area contributed by atoms with Crippen LogP contribution < -0.4 is 25.0 Å². The zero-order chi connectivity index (χ0) is 23.9. The lowest BCUT2D eigenvalue weighted by Gasteiger charge is -2.30. The second-order valence-corrected chi connectivity index (χ2v) is 9.98. The molecule has 8 nitrogen and oxygen atoms in total. The topological polar surface area (TPSA) is 80.1 Å². The monoisotopic (exact) mass is 475 g/mol. The molecule has 2 aromatic heterocycles. The minimum atomic E-state index is -0.0837. The summed E-state index contributed by atoms with van der Waals surface area (Å²) in [5.74, 6) is 2.53. The summed E-state index contributed by atoms with van der Waals surface area (Å²) in [7, 11) is 1.73. The molecule has 4 heterocycles. The quantitative estimate of drug-likeness (QED) is 0.546. The van der Waals surface area contributed by atoms with E-state index in [2.05, 4.69) is 52.9 Å². The zero-order valence-electron chi connectivity index (χ0n) is 20.4. The predicted octanol–water partition coefficient (Wildman–Crippen LogP) is 3.20. The second kappa shape index (κ2) is 9.07. The summed E-state index contributed by atoms with van der Waals surface area (Å²) in [6.45, 7) is 6.61. The second-order valence-electron chi connectivity index (χ2n) is 9.98. The van der Waals surface area contributed by atoms with Crippen molar-refractivity contribution in [3.05, 3.63) is 42.2 Å². The number of methoxy groups -OCH3 is 1. The van der Waals surface area contributed by atoms with Crippen LogP contribution in [-0.4, -0.2) is 61.5 Å². The maximum atomic E-state index is 11.8. The van der Waals surface area contributed by atoms with Crippen molar-refractivity contribution in [2.45, 2.75) is 38.2 Å². The molecular formula is C27H33N5O3. The Labute approximate surface area is 205 Å². The van der Waals surface area contributed by atoms with Gasteiger partial charge in [-0.05, 0) is 49.4 Å². The van der Waals surface area contributed by atoms with E-state index in [9.17, 15) is 4.79 Å². The Morgan fingerprint density at radius 1 is 1.11 bits per heavy atom. The van der Waals surface area contributed by atoms with E-state index in [1.165, 1.54) is 18.4 Å². The average Bonchev–Trinajstić information content (AvgIpc) is 3.49. The van der Waals surface area contributed by atoms with Crippen molar-refractivity contribution in [2.75, 3.05) is 44.7 Å². The number of nitrogens with zero attached hydrogens (tertiary/aromatic N) is 3. The van der Waals surface area contributed by atoms with Crippen molar-refractivity contribution in [1.29, 1.82) is 0 Å². The number of hydrogen-bond acceptors (Lipinski definition) is 6. The Bertz CT molecular complexity index is 1250. The highest BCUT2D eigenvalue weighted by Crippen LogP contribution is 2.45. The minimum absolute atomic E-state index is 0.0837. The number of piperazine rings is 1. The highest BCUT2D eigenvalue weighted by molar-refractivity contribution is 5.79. The van der Waals surface area contributed by atoms with Gasteiger partial charge in [-0.3, -0.25) is 4.79 Å². The number of ether oxygens (including phenoxy) is 2. The first kappa shape index (κ1) is 22.2. The molecule has 3 fully saturated rings. The molecule has 1 aromatic carbocycles. The summed E-state index contributed by atoms with van der Waals surface area (Å²) in [4.78, 5) is 14.1. The number of carbonyl (C=O) groups excluding carboxylic acids is 1. The maximum Gasteiger partial charge on any atom is 0.220 e. The van der Waals surface area contributed by atoms with E-state index in [-0.39, 0.29) is 17.9 Å². The Morgan fingerprint density at radius 2 is 1.91 bits per heavy atom.